The quantitative estimate of drug-likeness (QED) is 0.335. The van der Waals surface area contributed by atoms with E-state index in [9.17, 15) is 22.8 Å². The van der Waals surface area contributed by atoms with Gasteiger partial charge in [0.05, 0.1) is 12.1 Å². The van der Waals surface area contributed by atoms with Gasteiger partial charge in [0.1, 0.15) is 6.10 Å². The highest BCUT2D eigenvalue weighted by Gasteiger charge is 2.35. The minimum absolute atomic E-state index is 0.115. The average Bonchev–Trinajstić information content (AvgIpc) is 2.79. The lowest BCUT2D eigenvalue weighted by atomic mass is 10.0. The Balaban J connectivity index is 1.67. The second-order valence-corrected chi connectivity index (χ2v) is 8.13. The zero-order valence-electron chi connectivity index (χ0n) is 18.2. The van der Waals surface area contributed by atoms with Crippen LogP contribution in [0.25, 0.3) is 0 Å². The molecule has 3 aromatic carbocycles. The number of alkyl halides is 3. The third-order valence-electron chi connectivity index (χ3n) is 4.92. The summed E-state index contributed by atoms with van der Waals surface area (Å²) in [4.78, 5) is 25.2. The molecule has 34 heavy (non-hydrogen) atoms. The van der Waals surface area contributed by atoms with Gasteiger partial charge >= 0.3 is 12.3 Å². The maximum Gasteiger partial charge on any atom is 0.408 e. The first-order valence-electron chi connectivity index (χ1n) is 10.4. The van der Waals surface area contributed by atoms with Crippen molar-refractivity contribution in [3.8, 4) is 0 Å². The van der Waals surface area contributed by atoms with Gasteiger partial charge in [-0.05, 0) is 42.3 Å². The molecule has 0 unspecified atom stereocenters. The predicted molar refractivity (Wildman–Crippen MR) is 126 cm³/mol. The standard InChI is InChI=1S/C25H23F3N2O3S/c1-16-6-8-17(9-7-16)15-29-24(32)33-21(14-25(26,27)28)18-10-12-19(13-11-18)23(31)30-20-4-2-3-5-22(20)34/h2-13,21,34H,14-15H2,1H3,(H,29,32)(H,30,31)/t21-/m1/s1. The second-order valence-electron chi connectivity index (χ2n) is 7.65. The summed E-state index contributed by atoms with van der Waals surface area (Å²) in [5.41, 5.74) is 2.68. The number of thiol groups is 1. The summed E-state index contributed by atoms with van der Waals surface area (Å²) in [6.45, 7) is 2.03. The number of nitrogens with one attached hydrogen (secondary N) is 2. The summed E-state index contributed by atoms with van der Waals surface area (Å²) in [7, 11) is 0. The van der Waals surface area contributed by atoms with Gasteiger partial charge in [0.15, 0.2) is 0 Å². The number of carbonyl (C=O) groups excluding carboxylic acids is 2. The molecule has 0 fully saturated rings. The molecule has 0 spiro atoms. The van der Waals surface area contributed by atoms with Crippen LogP contribution in [0.1, 0.15) is 39.6 Å². The fourth-order valence-corrected chi connectivity index (χ4v) is 3.33. The van der Waals surface area contributed by atoms with Gasteiger partial charge in [-0.15, -0.1) is 12.6 Å². The van der Waals surface area contributed by atoms with Crippen LogP contribution in [-0.4, -0.2) is 18.2 Å². The Hall–Kier alpha value is -3.46. The topological polar surface area (TPSA) is 67.4 Å². The Morgan fingerprint density at radius 3 is 2.24 bits per heavy atom. The van der Waals surface area contributed by atoms with E-state index in [4.69, 9.17) is 4.74 Å². The van der Waals surface area contributed by atoms with Crippen molar-refractivity contribution in [3.05, 3.63) is 95.1 Å². The molecule has 1 atom stereocenters. The first-order valence-corrected chi connectivity index (χ1v) is 10.8. The maximum atomic E-state index is 13.1. The van der Waals surface area contributed by atoms with Gasteiger partial charge in [0, 0.05) is 17.0 Å². The largest absolute Gasteiger partial charge is 0.441 e. The molecule has 0 bridgehead atoms. The van der Waals surface area contributed by atoms with Crippen molar-refractivity contribution < 1.29 is 27.5 Å². The number of para-hydroxylation sites is 1. The van der Waals surface area contributed by atoms with E-state index in [1.807, 2.05) is 19.1 Å². The lowest BCUT2D eigenvalue weighted by Crippen LogP contribution is -2.27. The highest BCUT2D eigenvalue weighted by molar-refractivity contribution is 7.80. The Kier molecular flexibility index (Phi) is 8.22. The lowest BCUT2D eigenvalue weighted by molar-refractivity contribution is -0.154. The molecule has 2 amide bonds. The number of alkyl carbamates (subject to hydrolysis) is 1. The van der Waals surface area contributed by atoms with Crippen molar-refractivity contribution in [2.24, 2.45) is 0 Å². The number of ether oxygens (including phenoxy) is 1. The molecule has 178 valence electrons. The third kappa shape index (κ3) is 7.55. The normalized spacial score (nSPS) is 12.0. The van der Waals surface area contributed by atoms with E-state index in [1.165, 1.54) is 24.3 Å². The van der Waals surface area contributed by atoms with E-state index in [0.717, 1.165) is 11.1 Å². The zero-order chi connectivity index (χ0) is 24.7. The Morgan fingerprint density at radius 2 is 1.62 bits per heavy atom. The van der Waals surface area contributed by atoms with E-state index in [2.05, 4.69) is 23.3 Å². The van der Waals surface area contributed by atoms with Crippen molar-refractivity contribution in [1.82, 2.24) is 5.32 Å². The van der Waals surface area contributed by atoms with Crippen molar-refractivity contribution in [2.75, 3.05) is 5.32 Å². The number of carbonyl (C=O) groups is 2. The number of amides is 2. The molecule has 0 aliphatic rings. The lowest BCUT2D eigenvalue weighted by Gasteiger charge is -2.20. The van der Waals surface area contributed by atoms with Gasteiger partial charge in [0.2, 0.25) is 0 Å². The van der Waals surface area contributed by atoms with Gasteiger partial charge in [-0.3, -0.25) is 4.79 Å². The number of benzene rings is 3. The first kappa shape index (κ1) is 25.2. The van der Waals surface area contributed by atoms with Gasteiger partial charge in [-0.2, -0.15) is 13.2 Å². The van der Waals surface area contributed by atoms with Gasteiger partial charge in [0.25, 0.3) is 5.91 Å². The number of hydrogen-bond acceptors (Lipinski definition) is 4. The average molecular weight is 489 g/mol. The van der Waals surface area contributed by atoms with Crippen LogP contribution in [0.4, 0.5) is 23.7 Å². The monoisotopic (exact) mass is 488 g/mol. The number of aryl methyl sites for hydroxylation is 1. The summed E-state index contributed by atoms with van der Waals surface area (Å²) in [6.07, 6.45) is -8.45. The second kappa shape index (κ2) is 11.1. The summed E-state index contributed by atoms with van der Waals surface area (Å²) in [6, 6.07) is 19.7. The highest BCUT2D eigenvalue weighted by Crippen LogP contribution is 2.32. The molecule has 0 saturated heterocycles. The SMILES string of the molecule is Cc1ccc(CNC(=O)O[C@H](CC(F)(F)F)c2ccc(C(=O)Nc3ccccc3S)cc2)cc1. The number of anilines is 1. The molecule has 0 aliphatic carbocycles. The summed E-state index contributed by atoms with van der Waals surface area (Å²) < 4.78 is 44.5. The van der Waals surface area contributed by atoms with Gasteiger partial charge in [-0.1, -0.05) is 54.1 Å². The van der Waals surface area contributed by atoms with Crippen LogP contribution in [0.5, 0.6) is 0 Å². The number of hydrogen-bond donors (Lipinski definition) is 3. The van der Waals surface area contributed by atoms with Crippen LogP contribution in [0, 0.1) is 6.92 Å². The fraction of sp³-hybridized carbons (Fsp3) is 0.200. The molecule has 3 aromatic rings. The van der Waals surface area contributed by atoms with E-state index < -0.39 is 30.7 Å². The van der Waals surface area contributed by atoms with Gasteiger partial charge < -0.3 is 15.4 Å². The first-order chi connectivity index (χ1) is 16.1. The fourth-order valence-electron chi connectivity index (χ4n) is 3.11. The smallest absolute Gasteiger partial charge is 0.408 e. The minimum atomic E-state index is -4.56. The summed E-state index contributed by atoms with van der Waals surface area (Å²) in [5, 5.41) is 5.16. The Morgan fingerprint density at radius 1 is 0.971 bits per heavy atom. The van der Waals surface area contributed by atoms with E-state index in [0.29, 0.717) is 10.6 Å². The van der Waals surface area contributed by atoms with Crippen molar-refractivity contribution in [3.63, 3.8) is 0 Å². The zero-order valence-corrected chi connectivity index (χ0v) is 19.1. The Labute approximate surface area is 200 Å². The predicted octanol–water partition coefficient (Wildman–Crippen LogP) is 6.46. The Bertz CT molecular complexity index is 1130. The maximum absolute atomic E-state index is 13.1. The van der Waals surface area contributed by atoms with E-state index in [-0.39, 0.29) is 17.7 Å². The minimum Gasteiger partial charge on any atom is -0.441 e. The number of halogens is 3. The van der Waals surface area contributed by atoms with Crippen LogP contribution in [-0.2, 0) is 11.3 Å². The summed E-state index contributed by atoms with van der Waals surface area (Å²) >= 11 is 4.27. The third-order valence-corrected chi connectivity index (χ3v) is 5.31. The van der Waals surface area contributed by atoms with Crippen LogP contribution >= 0.6 is 12.6 Å². The molecule has 9 heteroatoms. The molecule has 0 radical (unpaired) electrons. The van der Waals surface area contributed by atoms with Crippen LogP contribution in [0.15, 0.2) is 77.7 Å². The van der Waals surface area contributed by atoms with Crippen molar-refractivity contribution >= 4 is 30.3 Å². The highest BCUT2D eigenvalue weighted by atomic mass is 32.1. The van der Waals surface area contributed by atoms with E-state index in [1.54, 1.807) is 36.4 Å². The van der Waals surface area contributed by atoms with Crippen LogP contribution in [0.3, 0.4) is 0 Å². The van der Waals surface area contributed by atoms with Crippen LogP contribution in [0.2, 0.25) is 0 Å². The molecule has 0 heterocycles. The van der Waals surface area contributed by atoms with Crippen LogP contribution < -0.4 is 10.6 Å². The summed E-state index contributed by atoms with van der Waals surface area (Å²) in [5.74, 6) is -0.447. The molecule has 5 nitrogen and oxygen atoms in total. The van der Waals surface area contributed by atoms with E-state index >= 15 is 0 Å². The molecular weight excluding hydrogens is 465 g/mol. The van der Waals surface area contributed by atoms with Gasteiger partial charge in [-0.25, -0.2) is 4.79 Å². The van der Waals surface area contributed by atoms with Crippen molar-refractivity contribution in [1.29, 1.82) is 0 Å². The number of rotatable bonds is 7. The molecular formula is C25H23F3N2O3S. The van der Waals surface area contributed by atoms with Crippen molar-refractivity contribution in [2.45, 2.75) is 37.1 Å². The molecule has 0 aromatic heterocycles. The molecule has 0 saturated carbocycles. The molecule has 2 N–H and O–H groups in total. The molecule has 3 rings (SSSR count). The molecule has 0 aliphatic heterocycles.